The third kappa shape index (κ3) is 3.90. The maximum Gasteiger partial charge on any atom is 0.157 e. The number of halogens is 1. The molecule has 0 saturated carbocycles. The van der Waals surface area contributed by atoms with Crippen LogP contribution in [-0.2, 0) is 9.84 Å². The van der Waals surface area contributed by atoms with Crippen LogP contribution in [0.5, 0.6) is 0 Å². The highest BCUT2D eigenvalue weighted by molar-refractivity contribution is 7.91. The molecule has 0 aromatic heterocycles. The Morgan fingerprint density at radius 3 is 1.80 bits per heavy atom. The SMILES string of the molecule is CS(=O)(=O)C(c1ccccc1F)C1(O)CN(C(c2ccccc2)c2ccccc2)C1. The van der Waals surface area contributed by atoms with Crippen LogP contribution in [0.3, 0.4) is 0 Å². The van der Waals surface area contributed by atoms with Crippen LogP contribution in [0.1, 0.15) is 28.0 Å². The molecule has 156 valence electrons. The Balaban J connectivity index is 1.69. The van der Waals surface area contributed by atoms with Gasteiger partial charge in [-0.05, 0) is 17.2 Å². The molecule has 0 aliphatic carbocycles. The zero-order chi connectivity index (χ0) is 21.4. The quantitative estimate of drug-likeness (QED) is 0.654. The molecule has 30 heavy (non-hydrogen) atoms. The molecule has 1 heterocycles. The Bertz CT molecular complexity index is 1070. The normalized spacial score (nSPS) is 17.5. The van der Waals surface area contributed by atoms with Crippen molar-refractivity contribution in [3.8, 4) is 0 Å². The van der Waals surface area contributed by atoms with Crippen molar-refractivity contribution in [1.29, 1.82) is 0 Å². The van der Waals surface area contributed by atoms with E-state index in [1.165, 1.54) is 18.2 Å². The summed E-state index contributed by atoms with van der Waals surface area (Å²) in [6, 6.07) is 25.4. The summed E-state index contributed by atoms with van der Waals surface area (Å²) in [5.74, 6) is -0.623. The lowest BCUT2D eigenvalue weighted by molar-refractivity contribution is -0.113. The summed E-state index contributed by atoms with van der Waals surface area (Å²) in [5, 5.41) is 9.98. The number of benzene rings is 3. The number of sulfone groups is 1. The van der Waals surface area contributed by atoms with E-state index in [0.717, 1.165) is 17.4 Å². The number of β-amino-alcohol motifs (C(OH)–C–C–N with tert-alkyl or cyclic N) is 1. The lowest BCUT2D eigenvalue weighted by Crippen LogP contribution is -2.66. The van der Waals surface area contributed by atoms with E-state index in [4.69, 9.17) is 0 Å². The Hall–Kier alpha value is -2.54. The van der Waals surface area contributed by atoms with E-state index in [9.17, 15) is 17.9 Å². The Kier molecular flexibility index (Phi) is 5.49. The molecular formula is C24H24FNO3S. The number of hydrogen-bond acceptors (Lipinski definition) is 4. The van der Waals surface area contributed by atoms with Gasteiger partial charge in [-0.2, -0.15) is 0 Å². The molecule has 6 heteroatoms. The molecule has 4 nitrogen and oxygen atoms in total. The minimum atomic E-state index is -3.75. The third-order valence-corrected chi connectivity index (χ3v) is 7.20. The first kappa shape index (κ1) is 20.7. The summed E-state index contributed by atoms with van der Waals surface area (Å²) in [6.07, 6.45) is 1.05. The lowest BCUT2D eigenvalue weighted by atomic mass is 9.82. The van der Waals surface area contributed by atoms with E-state index >= 15 is 0 Å². The fraction of sp³-hybridized carbons (Fsp3) is 0.250. The second-order valence-corrected chi connectivity index (χ2v) is 10.1. The molecule has 1 fully saturated rings. The number of hydrogen-bond donors (Lipinski definition) is 1. The van der Waals surface area contributed by atoms with Gasteiger partial charge >= 0.3 is 0 Å². The van der Waals surface area contributed by atoms with Crippen molar-refractivity contribution >= 4 is 9.84 Å². The van der Waals surface area contributed by atoms with E-state index < -0.39 is 26.5 Å². The van der Waals surface area contributed by atoms with Gasteiger partial charge in [-0.1, -0.05) is 78.9 Å². The van der Waals surface area contributed by atoms with Crippen LogP contribution in [0.25, 0.3) is 0 Å². The zero-order valence-electron chi connectivity index (χ0n) is 16.6. The van der Waals surface area contributed by atoms with Crippen molar-refractivity contribution in [2.45, 2.75) is 16.9 Å². The van der Waals surface area contributed by atoms with Crippen molar-refractivity contribution in [3.63, 3.8) is 0 Å². The van der Waals surface area contributed by atoms with Gasteiger partial charge in [0.2, 0.25) is 0 Å². The van der Waals surface area contributed by atoms with Crippen LogP contribution in [0.15, 0.2) is 84.9 Å². The van der Waals surface area contributed by atoms with E-state index in [1.807, 2.05) is 65.6 Å². The summed E-state index contributed by atoms with van der Waals surface area (Å²) in [7, 11) is -3.75. The summed E-state index contributed by atoms with van der Waals surface area (Å²) >= 11 is 0. The third-order valence-electron chi connectivity index (χ3n) is 5.65. The summed E-state index contributed by atoms with van der Waals surface area (Å²) in [5.41, 5.74) is 0.538. The Labute approximate surface area is 176 Å². The number of rotatable bonds is 6. The maximum atomic E-state index is 14.5. The molecule has 3 aromatic rings. The molecule has 0 spiro atoms. The summed E-state index contributed by atoms with van der Waals surface area (Å²) in [6.45, 7) is 0.237. The van der Waals surface area contributed by atoms with Gasteiger partial charge in [-0.25, -0.2) is 12.8 Å². The molecule has 1 N–H and O–H groups in total. The van der Waals surface area contributed by atoms with Crippen molar-refractivity contribution < 1.29 is 17.9 Å². The van der Waals surface area contributed by atoms with Gasteiger partial charge in [-0.15, -0.1) is 0 Å². The highest BCUT2D eigenvalue weighted by atomic mass is 32.2. The molecule has 1 atom stereocenters. The first-order valence-electron chi connectivity index (χ1n) is 9.79. The smallest absolute Gasteiger partial charge is 0.157 e. The first-order chi connectivity index (χ1) is 14.3. The zero-order valence-corrected chi connectivity index (χ0v) is 17.5. The predicted octanol–water partition coefficient (Wildman–Crippen LogP) is 3.75. The average molecular weight is 426 g/mol. The second kappa shape index (κ2) is 7.95. The van der Waals surface area contributed by atoms with Gasteiger partial charge in [0.25, 0.3) is 0 Å². The highest BCUT2D eigenvalue weighted by Gasteiger charge is 2.54. The fourth-order valence-corrected chi connectivity index (χ4v) is 6.09. The summed E-state index contributed by atoms with van der Waals surface area (Å²) < 4.78 is 39.6. The molecule has 0 radical (unpaired) electrons. The first-order valence-corrected chi connectivity index (χ1v) is 11.7. The van der Waals surface area contributed by atoms with Crippen molar-refractivity contribution in [2.24, 2.45) is 0 Å². The van der Waals surface area contributed by atoms with E-state index in [2.05, 4.69) is 0 Å². The largest absolute Gasteiger partial charge is 0.385 e. The molecular weight excluding hydrogens is 401 g/mol. The molecule has 3 aromatic carbocycles. The van der Waals surface area contributed by atoms with Gasteiger partial charge in [0, 0.05) is 24.9 Å². The molecule has 4 rings (SSSR count). The van der Waals surface area contributed by atoms with Crippen LogP contribution < -0.4 is 0 Å². The van der Waals surface area contributed by atoms with E-state index in [1.54, 1.807) is 6.07 Å². The lowest BCUT2D eigenvalue weighted by Gasteiger charge is -2.53. The second-order valence-electron chi connectivity index (χ2n) is 7.96. The van der Waals surface area contributed by atoms with Crippen LogP contribution in [0.4, 0.5) is 4.39 Å². The van der Waals surface area contributed by atoms with Gasteiger partial charge in [0.1, 0.15) is 16.7 Å². The number of aliphatic hydroxyl groups is 1. The minimum Gasteiger partial charge on any atom is -0.385 e. The molecule has 0 bridgehead atoms. The molecule has 0 amide bonds. The minimum absolute atomic E-state index is 0.0122. The van der Waals surface area contributed by atoms with Crippen molar-refractivity contribution in [3.05, 3.63) is 107 Å². The standard InChI is InChI=1S/C24H24FNO3S/c1-30(28,29)23(20-14-8-9-15-21(20)25)24(27)16-26(17-24)22(18-10-4-2-5-11-18)19-12-6-3-7-13-19/h2-15,22-23,27H,16-17H2,1H3. The Morgan fingerprint density at radius 1 is 0.867 bits per heavy atom. The number of nitrogens with zero attached hydrogens (tertiary/aromatic N) is 1. The van der Waals surface area contributed by atoms with E-state index in [0.29, 0.717) is 0 Å². The van der Waals surface area contributed by atoms with Gasteiger partial charge in [0.15, 0.2) is 9.84 Å². The van der Waals surface area contributed by atoms with Crippen LogP contribution >= 0.6 is 0 Å². The molecule has 1 aliphatic heterocycles. The summed E-state index contributed by atoms with van der Waals surface area (Å²) in [4.78, 5) is 2.03. The maximum absolute atomic E-state index is 14.5. The van der Waals surface area contributed by atoms with Gasteiger partial charge in [0.05, 0.1) is 6.04 Å². The number of likely N-dealkylation sites (tertiary alicyclic amines) is 1. The predicted molar refractivity (Wildman–Crippen MR) is 115 cm³/mol. The molecule has 1 saturated heterocycles. The van der Waals surface area contributed by atoms with Gasteiger partial charge in [-0.3, -0.25) is 4.90 Å². The van der Waals surface area contributed by atoms with Crippen LogP contribution in [0.2, 0.25) is 0 Å². The van der Waals surface area contributed by atoms with E-state index in [-0.39, 0.29) is 24.7 Å². The highest BCUT2D eigenvalue weighted by Crippen LogP contribution is 2.44. The van der Waals surface area contributed by atoms with Crippen LogP contribution in [0, 0.1) is 5.82 Å². The molecule has 1 unspecified atom stereocenters. The fourth-order valence-electron chi connectivity index (χ4n) is 4.50. The van der Waals surface area contributed by atoms with Gasteiger partial charge < -0.3 is 5.11 Å². The van der Waals surface area contributed by atoms with Crippen molar-refractivity contribution in [2.75, 3.05) is 19.3 Å². The monoisotopic (exact) mass is 425 g/mol. The topological polar surface area (TPSA) is 57.6 Å². The Morgan fingerprint density at radius 2 is 1.33 bits per heavy atom. The van der Waals surface area contributed by atoms with Crippen molar-refractivity contribution in [1.82, 2.24) is 4.90 Å². The van der Waals surface area contributed by atoms with Crippen LogP contribution in [-0.4, -0.2) is 43.4 Å². The molecule has 1 aliphatic rings. The average Bonchev–Trinajstić information content (AvgIpc) is 2.69.